The average Bonchev–Trinajstić information content (AvgIpc) is 2.48. The van der Waals surface area contributed by atoms with Crippen molar-refractivity contribution in [2.75, 3.05) is 26.3 Å². The summed E-state index contributed by atoms with van der Waals surface area (Å²) < 4.78 is 5.18. The normalized spacial score (nSPS) is 14.1. The van der Waals surface area contributed by atoms with Crippen molar-refractivity contribution in [1.29, 1.82) is 0 Å². The van der Waals surface area contributed by atoms with E-state index < -0.39 is 14.8 Å². The van der Waals surface area contributed by atoms with Gasteiger partial charge < -0.3 is 29.7 Å². The second kappa shape index (κ2) is 8.72. The van der Waals surface area contributed by atoms with Crippen LogP contribution < -0.4 is 5.46 Å². The Balaban J connectivity index is 0.000000612. The van der Waals surface area contributed by atoms with Gasteiger partial charge >= 0.3 is 14.8 Å². The molecule has 2 rings (SSSR count). The highest BCUT2D eigenvalue weighted by Crippen LogP contribution is 2.06. The Morgan fingerprint density at radius 2 is 1.65 bits per heavy atom. The van der Waals surface area contributed by atoms with Crippen molar-refractivity contribution in [1.82, 2.24) is 4.90 Å². The van der Waals surface area contributed by atoms with Crippen LogP contribution in [0, 0.1) is 0 Å². The van der Waals surface area contributed by atoms with E-state index in [0.717, 1.165) is 0 Å². The minimum atomic E-state index is -1.50. The van der Waals surface area contributed by atoms with Gasteiger partial charge in [0.2, 0.25) is 0 Å². The third kappa shape index (κ3) is 4.95. The molecule has 1 saturated heterocycles. The fourth-order valence-electron chi connectivity index (χ4n) is 1.75. The molecule has 0 atom stereocenters. The van der Waals surface area contributed by atoms with Gasteiger partial charge in [-0.1, -0.05) is 12.1 Å². The predicted molar refractivity (Wildman–Crippen MR) is 74.6 cm³/mol. The number of morpholine rings is 1. The molecule has 108 valence electrons. The van der Waals surface area contributed by atoms with E-state index in [2.05, 4.69) is 0 Å². The molecule has 0 aromatic heterocycles. The van der Waals surface area contributed by atoms with Crippen molar-refractivity contribution >= 4 is 26.2 Å². The monoisotopic (exact) mass is 281 g/mol. The number of rotatable bonds is 2. The Labute approximate surface area is 117 Å². The fraction of sp³-hybridized carbons (Fsp3) is 0.364. The van der Waals surface area contributed by atoms with Gasteiger partial charge in [0.1, 0.15) is 0 Å². The highest BCUT2D eigenvalue weighted by atomic mass is 16.5. The van der Waals surface area contributed by atoms with E-state index in [9.17, 15) is 4.79 Å². The van der Waals surface area contributed by atoms with Crippen LogP contribution in [0.15, 0.2) is 24.3 Å². The fourth-order valence-corrected chi connectivity index (χ4v) is 1.75. The molecule has 0 spiro atoms. The van der Waals surface area contributed by atoms with E-state index in [1.807, 2.05) is 0 Å². The van der Waals surface area contributed by atoms with Gasteiger partial charge in [-0.25, -0.2) is 0 Å². The van der Waals surface area contributed by atoms with Gasteiger partial charge in [0.25, 0.3) is 5.91 Å². The summed E-state index contributed by atoms with van der Waals surface area (Å²) in [6.45, 7) is 2.34. The summed E-state index contributed by atoms with van der Waals surface area (Å²) in [4.78, 5) is 13.8. The molecule has 7 nitrogen and oxygen atoms in total. The van der Waals surface area contributed by atoms with Crippen LogP contribution >= 0.6 is 0 Å². The number of nitrogens with zero attached hydrogens (tertiary/aromatic N) is 1. The maximum Gasteiger partial charge on any atom is 0.488 e. The van der Waals surface area contributed by atoms with Crippen molar-refractivity contribution in [3.05, 3.63) is 29.8 Å². The summed E-state index contributed by atoms with van der Waals surface area (Å²) in [7, 11) is -2.25. The number of ether oxygens (including phenoxy) is 1. The summed E-state index contributed by atoms with van der Waals surface area (Å²) in [6, 6.07) is 6.29. The van der Waals surface area contributed by atoms with E-state index in [1.54, 1.807) is 29.2 Å². The van der Waals surface area contributed by atoms with Gasteiger partial charge in [-0.2, -0.15) is 0 Å². The van der Waals surface area contributed by atoms with E-state index in [1.165, 1.54) is 0 Å². The Morgan fingerprint density at radius 3 is 2.10 bits per heavy atom. The number of benzene rings is 1. The van der Waals surface area contributed by atoms with Crippen molar-refractivity contribution in [3.8, 4) is 0 Å². The van der Waals surface area contributed by atoms with Crippen LogP contribution in [-0.4, -0.2) is 72.0 Å². The largest absolute Gasteiger partial charge is 0.488 e. The molecule has 4 N–H and O–H groups in total. The second-order valence-corrected chi connectivity index (χ2v) is 4.04. The van der Waals surface area contributed by atoms with Gasteiger partial charge in [0.15, 0.2) is 0 Å². The lowest BCUT2D eigenvalue weighted by Gasteiger charge is -2.26. The lowest BCUT2D eigenvalue weighted by atomic mass is 9.80. The molecule has 1 aliphatic rings. The molecule has 1 heterocycles. The first-order chi connectivity index (χ1) is 9.60. The Morgan fingerprint density at radius 1 is 1.15 bits per heavy atom. The zero-order chi connectivity index (χ0) is 15.0. The zero-order valence-electron chi connectivity index (χ0n) is 11.0. The van der Waals surface area contributed by atoms with Crippen LogP contribution in [0.1, 0.15) is 10.4 Å². The maximum atomic E-state index is 12.0. The zero-order valence-corrected chi connectivity index (χ0v) is 11.0. The molecule has 0 unspecified atom stereocenters. The Bertz CT molecular complexity index is 408. The van der Waals surface area contributed by atoms with Crippen molar-refractivity contribution in [2.45, 2.75) is 0 Å². The van der Waals surface area contributed by atoms with Crippen molar-refractivity contribution in [2.24, 2.45) is 0 Å². The lowest BCUT2D eigenvalue weighted by molar-refractivity contribution is 0.0303. The summed E-state index contributed by atoms with van der Waals surface area (Å²) in [5.41, 5.74) is 0.930. The molecule has 0 aliphatic carbocycles. The summed E-state index contributed by atoms with van der Waals surface area (Å²) in [6.07, 6.45) is 0. The van der Waals surface area contributed by atoms with Crippen LogP contribution in [0.2, 0.25) is 0 Å². The van der Waals surface area contributed by atoms with Gasteiger partial charge in [-0.05, 0) is 17.6 Å². The summed E-state index contributed by atoms with van der Waals surface area (Å²) in [5.74, 6) is -0.0488. The Hall–Kier alpha value is -1.38. The molecular formula is C11H17B2NO6. The molecule has 1 aliphatic heterocycles. The lowest BCUT2D eigenvalue weighted by Crippen LogP contribution is -2.40. The van der Waals surface area contributed by atoms with Crippen LogP contribution in [0.25, 0.3) is 0 Å². The number of hydrogen-bond acceptors (Lipinski definition) is 6. The molecule has 0 saturated carbocycles. The summed E-state index contributed by atoms with van der Waals surface area (Å²) in [5, 5.41) is 32.1. The Kier molecular flexibility index (Phi) is 7.27. The molecule has 1 amide bonds. The minimum Gasteiger partial charge on any atom is -0.430 e. The van der Waals surface area contributed by atoms with Crippen LogP contribution in [0.3, 0.4) is 0 Å². The molecule has 1 aromatic carbocycles. The number of carbonyl (C=O) groups is 1. The molecule has 9 heteroatoms. The maximum absolute atomic E-state index is 12.0. The van der Waals surface area contributed by atoms with E-state index >= 15 is 0 Å². The highest BCUT2D eigenvalue weighted by Gasteiger charge is 2.19. The van der Waals surface area contributed by atoms with Gasteiger partial charge in [-0.3, -0.25) is 4.79 Å². The SMILES string of the molecule is O=C(c1ccc(B(O)O)cc1)N1CCOCC1.OBO. The molecule has 0 radical (unpaired) electrons. The van der Waals surface area contributed by atoms with Crippen LogP contribution in [0.5, 0.6) is 0 Å². The van der Waals surface area contributed by atoms with Crippen molar-refractivity contribution < 1.29 is 29.6 Å². The van der Waals surface area contributed by atoms with Gasteiger partial charge in [0.05, 0.1) is 13.2 Å². The smallest absolute Gasteiger partial charge is 0.430 e. The first-order valence-electron chi connectivity index (χ1n) is 6.15. The third-order valence-corrected chi connectivity index (χ3v) is 2.75. The quantitative estimate of drug-likeness (QED) is 0.432. The molecule has 20 heavy (non-hydrogen) atoms. The molecule has 1 aromatic rings. The van der Waals surface area contributed by atoms with Crippen LogP contribution in [0.4, 0.5) is 0 Å². The van der Waals surface area contributed by atoms with E-state index in [0.29, 0.717) is 37.3 Å². The number of carbonyl (C=O) groups excluding carboxylic acids is 1. The highest BCUT2D eigenvalue weighted by molar-refractivity contribution is 6.58. The van der Waals surface area contributed by atoms with E-state index in [-0.39, 0.29) is 5.91 Å². The van der Waals surface area contributed by atoms with E-state index in [4.69, 9.17) is 24.8 Å². The average molecular weight is 281 g/mol. The number of amides is 1. The van der Waals surface area contributed by atoms with Crippen molar-refractivity contribution in [3.63, 3.8) is 0 Å². The molecule has 1 fully saturated rings. The number of hydrogen-bond donors (Lipinski definition) is 4. The molecular weight excluding hydrogens is 264 g/mol. The topological polar surface area (TPSA) is 110 Å². The summed E-state index contributed by atoms with van der Waals surface area (Å²) >= 11 is 0. The first kappa shape index (κ1) is 16.7. The third-order valence-electron chi connectivity index (χ3n) is 2.75. The van der Waals surface area contributed by atoms with Gasteiger partial charge in [-0.15, -0.1) is 0 Å². The standard InChI is InChI=1S/C11H14BNO4.BH3O2/c14-11(13-5-7-17-8-6-13)9-1-3-10(4-2-9)12(15)16;2-1-3/h1-4,15-16H,5-8H2;1-3H. The van der Waals surface area contributed by atoms with Gasteiger partial charge in [0, 0.05) is 18.7 Å². The van der Waals surface area contributed by atoms with Crippen LogP contribution in [-0.2, 0) is 4.74 Å². The second-order valence-electron chi connectivity index (χ2n) is 4.04. The predicted octanol–water partition coefficient (Wildman–Crippen LogP) is -2.92. The molecule has 0 bridgehead atoms. The first-order valence-corrected chi connectivity index (χ1v) is 6.15. The minimum absolute atomic E-state index is 0.0488.